The fourth-order valence-electron chi connectivity index (χ4n) is 0.693. The van der Waals surface area contributed by atoms with E-state index in [9.17, 15) is 8.42 Å². The summed E-state index contributed by atoms with van der Waals surface area (Å²) in [4.78, 5) is 0.399. The second-order valence-electron chi connectivity index (χ2n) is 2.21. The van der Waals surface area contributed by atoms with Crippen LogP contribution < -0.4 is 5.73 Å². The molecule has 0 rings (SSSR count). The number of halogens is 1. The minimum absolute atomic E-state index is 0.0313. The third-order valence-corrected chi connectivity index (χ3v) is 2.59. The van der Waals surface area contributed by atoms with Gasteiger partial charge in [0.15, 0.2) is 0 Å². The van der Waals surface area contributed by atoms with E-state index >= 15 is 0 Å². The molecule has 0 aliphatic heterocycles. The summed E-state index contributed by atoms with van der Waals surface area (Å²) in [7, 11) is -1.47. The van der Waals surface area contributed by atoms with Crippen molar-refractivity contribution in [3.05, 3.63) is 22.0 Å². The molecule has 0 atom stereocenters. The minimum atomic E-state index is -2.89. The number of nitrogens with zero attached hydrogens (tertiary/aromatic N) is 1. The molecule has 0 aliphatic carbocycles. The highest BCUT2D eigenvalue weighted by molar-refractivity contribution is 8.09. The van der Waals surface area contributed by atoms with Crippen LogP contribution >= 0.6 is 23.4 Å². The van der Waals surface area contributed by atoms with Crippen molar-refractivity contribution >= 4 is 40.0 Å². The Balaban J connectivity index is 4.95. The van der Waals surface area contributed by atoms with E-state index in [2.05, 4.69) is 11.0 Å². The molecule has 0 unspecified atom stereocenters. The van der Waals surface area contributed by atoms with Crippen LogP contribution in [-0.4, -0.2) is 27.8 Å². The zero-order valence-corrected chi connectivity index (χ0v) is 10.4. The van der Waals surface area contributed by atoms with E-state index in [4.69, 9.17) is 22.1 Å². The quantitative estimate of drug-likeness (QED) is 0.552. The second kappa shape index (κ2) is 7.75. The number of nitrogens with two attached hydrogens (primary N) is 1. The Morgan fingerprint density at radius 2 is 2.33 bits per heavy atom. The van der Waals surface area contributed by atoms with Gasteiger partial charge in [-0.2, -0.15) is 4.40 Å². The summed E-state index contributed by atoms with van der Waals surface area (Å²) >= 11 is 6.58. The van der Waals surface area contributed by atoms with Crippen molar-refractivity contribution < 1.29 is 13.2 Å². The lowest BCUT2D eigenvalue weighted by Gasteiger charge is -2.06. The molecule has 0 aromatic heterocycles. The van der Waals surface area contributed by atoms with E-state index in [0.717, 1.165) is 11.8 Å². The third-order valence-electron chi connectivity index (χ3n) is 1.14. The van der Waals surface area contributed by atoms with Crippen molar-refractivity contribution in [2.45, 2.75) is 0 Å². The Kier molecular flexibility index (Phi) is 7.49. The molecule has 0 saturated heterocycles. The van der Waals surface area contributed by atoms with Gasteiger partial charge in [0.1, 0.15) is 0 Å². The smallest absolute Gasteiger partial charge is 0.243 e. The van der Waals surface area contributed by atoms with Crippen LogP contribution in [0.25, 0.3) is 0 Å². The van der Waals surface area contributed by atoms with E-state index in [-0.39, 0.29) is 16.7 Å². The molecular weight excluding hydrogens is 260 g/mol. The first kappa shape index (κ1) is 14.5. The van der Waals surface area contributed by atoms with Crippen LogP contribution in [0.3, 0.4) is 0 Å². The standard InChI is InChI=1S/C7H11ClN2O3S2/c1-5(8)14-7(3-9)6(4-13-2)10-15(11)12/h3,15H,1,4,9H2,2H3/b7-3-,10-6+. The van der Waals surface area contributed by atoms with Gasteiger partial charge >= 0.3 is 0 Å². The molecule has 15 heavy (non-hydrogen) atoms. The average molecular weight is 271 g/mol. The largest absolute Gasteiger partial charge is 0.404 e. The Morgan fingerprint density at radius 1 is 1.73 bits per heavy atom. The maximum absolute atomic E-state index is 10.5. The van der Waals surface area contributed by atoms with Crippen molar-refractivity contribution in [1.29, 1.82) is 0 Å². The molecule has 0 amide bonds. The number of thiol groups is 1. The lowest BCUT2D eigenvalue weighted by molar-refractivity contribution is 0.246. The first-order valence-electron chi connectivity index (χ1n) is 3.66. The van der Waals surface area contributed by atoms with Gasteiger partial charge in [0, 0.05) is 13.3 Å². The van der Waals surface area contributed by atoms with Crippen molar-refractivity contribution in [2.24, 2.45) is 10.1 Å². The Bertz CT molecular complexity index is 355. The van der Waals surface area contributed by atoms with E-state index in [0.29, 0.717) is 4.91 Å². The van der Waals surface area contributed by atoms with Crippen LogP contribution in [0.4, 0.5) is 0 Å². The van der Waals surface area contributed by atoms with Gasteiger partial charge in [0.2, 0.25) is 10.9 Å². The number of methoxy groups -OCH3 is 1. The lowest BCUT2D eigenvalue weighted by atomic mass is 10.4. The molecule has 0 fully saturated rings. The predicted octanol–water partition coefficient (Wildman–Crippen LogP) is 0.844. The van der Waals surface area contributed by atoms with Gasteiger partial charge in [0.25, 0.3) is 0 Å². The van der Waals surface area contributed by atoms with Crippen LogP contribution in [-0.2, 0) is 15.6 Å². The third kappa shape index (κ3) is 6.56. The first-order valence-corrected chi connectivity index (χ1v) is 5.99. The van der Waals surface area contributed by atoms with Crippen LogP contribution in [0, 0.1) is 0 Å². The molecule has 86 valence electrons. The zero-order chi connectivity index (χ0) is 11.8. The Hall–Kier alpha value is -0.500. The number of thioether (sulfide) groups is 1. The molecule has 0 heterocycles. The van der Waals surface area contributed by atoms with Gasteiger partial charge in [-0.05, 0) is 0 Å². The average Bonchev–Trinajstić information content (AvgIpc) is 2.12. The first-order chi connectivity index (χ1) is 7.01. The van der Waals surface area contributed by atoms with Gasteiger partial charge in [-0.1, -0.05) is 29.9 Å². The zero-order valence-electron chi connectivity index (χ0n) is 7.97. The summed E-state index contributed by atoms with van der Waals surface area (Å²) in [6, 6.07) is 0. The maximum Gasteiger partial charge on any atom is 0.243 e. The second-order valence-corrected chi connectivity index (χ2v) is 4.70. The van der Waals surface area contributed by atoms with Crippen molar-refractivity contribution in [3.63, 3.8) is 0 Å². The molecule has 0 bridgehead atoms. The van der Waals surface area contributed by atoms with Gasteiger partial charge < -0.3 is 10.5 Å². The molecule has 0 saturated carbocycles. The normalized spacial score (nSPS) is 13.3. The summed E-state index contributed by atoms with van der Waals surface area (Å²) in [6.45, 7) is 3.48. The number of hydrogen-bond donors (Lipinski definition) is 2. The van der Waals surface area contributed by atoms with E-state index in [1.807, 2.05) is 0 Å². The molecule has 5 nitrogen and oxygen atoms in total. The molecule has 8 heteroatoms. The number of ether oxygens (including phenoxy) is 1. The summed E-state index contributed by atoms with van der Waals surface area (Å²) < 4.78 is 29.3. The van der Waals surface area contributed by atoms with E-state index < -0.39 is 10.9 Å². The highest BCUT2D eigenvalue weighted by Crippen LogP contribution is 2.27. The molecule has 0 spiro atoms. The van der Waals surface area contributed by atoms with Gasteiger partial charge in [0.05, 0.1) is 21.6 Å². The Morgan fingerprint density at radius 3 is 2.67 bits per heavy atom. The Labute approximate surface area is 99.1 Å². The van der Waals surface area contributed by atoms with Crippen LogP contribution in [0.5, 0.6) is 0 Å². The van der Waals surface area contributed by atoms with E-state index in [1.165, 1.54) is 13.3 Å². The van der Waals surface area contributed by atoms with Gasteiger partial charge in [-0.25, -0.2) is 8.42 Å². The summed E-state index contributed by atoms with van der Waals surface area (Å²) in [5.74, 6) is 0. The van der Waals surface area contributed by atoms with E-state index in [1.54, 1.807) is 0 Å². The monoisotopic (exact) mass is 270 g/mol. The van der Waals surface area contributed by atoms with Crippen molar-refractivity contribution in [1.82, 2.24) is 0 Å². The number of hydrogen-bond acceptors (Lipinski definition) is 5. The highest BCUT2D eigenvalue weighted by Gasteiger charge is 2.09. The highest BCUT2D eigenvalue weighted by atomic mass is 35.5. The topological polar surface area (TPSA) is 81.8 Å². The molecule has 0 aliphatic rings. The molecule has 0 aromatic carbocycles. The maximum atomic E-state index is 10.5. The molecule has 0 aromatic rings. The van der Waals surface area contributed by atoms with Crippen LogP contribution in [0.1, 0.15) is 0 Å². The fourth-order valence-corrected chi connectivity index (χ4v) is 1.90. The molecular formula is C7H11ClN2O3S2. The summed E-state index contributed by atoms with van der Waals surface area (Å²) in [5.41, 5.74) is 5.51. The van der Waals surface area contributed by atoms with Crippen molar-refractivity contribution in [2.75, 3.05) is 13.7 Å². The predicted molar refractivity (Wildman–Crippen MR) is 64.5 cm³/mol. The minimum Gasteiger partial charge on any atom is -0.404 e. The lowest BCUT2D eigenvalue weighted by Crippen LogP contribution is -2.10. The van der Waals surface area contributed by atoms with Crippen LogP contribution in [0.15, 0.2) is 26.4 Å². The summed E-state index contributed by atoms with van der Waals surface area (Å²) in [6.07, 6.45) is 1.20. The molecule has 0 radical (unpaired) electrons. The van der Waals surface area contributed by atoms with Crippen LogP contribution in [0.2, 0.25) is 0 Å². The van der Waals surface area contributed by atoms with Gasteiger partial charge in [-0.3, -0.25) is 0 Å². The fraction of sp³-hybridized carbons (Fsp3) is 0.286. The van der Waals surface area contributed by atoms with Crippen molar-refractivity contribution in [3.8, 4) is 0 Å². The number of rotatable bonds is 6. The molecule has 2 N–H and O–H groups in total. The summed E-state index contributed by atoms with van der Waals surface area (Å²) in [5, 5.41) is 0. The SMILES string of the molecule is C=C(Cl)SC(=C\N)/C(COC)=N/[SH](=O)=O. The van der Waals surface area contributed by atoms with Gasteiger partial charge in [-0.15, -0.1) is 0 Å².